The molecular weight excluding hydrogens is 334 g/mol. The molecule has 0 bridgehead atoms. The third kappa shape index (κ3) is 6.12. The monoisotopic (exact) mass is 357 g/mol. The maximum absolute atomic E-state index is 12.0. The van der Waals surface area contributed by atoms with E-state index in [0.717, 1.165) is 0 Å². The van der Waals surface area contributed by atoms with Crippen molar-refractivity contribution in [3.63, 3.8) is 0 Å². The predicted octanol–water partition coefficient (Wildman–Crippen LogP) is 3.53. The van der Waals surface area contributed by atoms with Crippen LogP contribution in [0.4, 0.5) is 5.69 Å². The molecule has 138 valence electrons. The summed E-state index contributed by atoms with van der Waals surface area (Å²) in [7, 11) is 1.54. The van der Waals surface area contributed by atoms with Gasteiger partial charge in [-0.3, -0.25) is 4.79 Å². The van der Waals surface area contributed by atoms with Gasteiger partial charge >= 0.3 is 5.97 Å². The quantitative estimate of drug-likeness (QED) is 0.732. The maximum atomic E-state index is 12.0. The number of nitrogens with one attached hydrogen (secondary N) is 1. The van der Waals surface area contributed by atoms with Gasteiger partial charge in [-0.1, -0.05) is 19.9 Å². The molecule has 0 spiro atoms. The van der Waals surface area contributed by atoms with Crippen LogP contribution in [0.5, 0.6) is 11.5 Å². The van der Waals surface area contributed by atoms with Gasteiger partial charge in [0.25, 0.3) is 5.91 Å². The van der Waals surface area contributed by atoms with Gasteiger partial charge in [0.15, 0.2) is 6.61 Å². The smallest absolute Gasteiger partial charge is 0.338 e. The predicted molar refractivity (Wildman–Crippen MR) is 98.7 cm³/mol. The molecule has 0 fully saturated rings. The Morgan fingerprint density at radius 3 is 2.42 bits per heavy atom. The van der Waals surface area contributed by atoms with Gasteiger partial charge in [-0.15, -0.1) is 0 Å². The van der Waals surface area contributed by atoms with Gasteiger partial charge in [0, 0.05) is 11.8 Å². The average Bonchev–Trinajstić information content (AvgIpc) is 2.65. The van der Waals surface area contributed by atoms with Gasteiger partial charge in [-0.25, -0.2) is 4.79 Å². The number of anilines is 1. The average molecular weight is 357 g/mol. The van der Waals surface area contributed by atoms with Crippen LogP contribution in [0.15, 0.2) is 48.5 Å². The summed E-state index contributed by atoms with van der Waals surface area (Å²) in [5, 5.41) is 2.64. The molecule has 0 aliphatic heterocycles. The van der Waals surface area contributed by atoms with Crippen LogP contribution in [0.1, 0.15) is 24.2 Å². The summed E-state index contributed by atoms with van der Waals surface area (Å²) in [5.41, 5.74) is 0.924. The molecule has 2 rings (SSSR count). The molecule has 2 aromatic carbocycles. The molecule has 0 unspecified atom stereocenters. The second-order valence-electron chi connectivity index (χ2n) is 6.09. The van der Waals surface area contributed by atoms with E-state index in [-0.39, 0.29) is 6.61 Å². The van der Waals surface area contributed by atoms with Gasteiger partial charge < -0.3 is 19.5 Å². The normalized spacial score (nSPS) is 10.3. The summed E-state index contributed by atoms with van der Waals surface area (Å²) in [6.45, 7) is 4.35. The molecule has 0 atom stereocenters. The Balaban J connectivity index is 1.82. The van der Waals surface area contributed by atoms with Crippen molar-refractivity contribution in [2.45, 2.75) is 13.8 Å². The second-order valence-corrected chi connectivity index (χ2v) is 6.09. The minimum Gasteiger partial charge on any atom is -0.497 e. The molecule has 0 aromatic heterocycles. The first-order chi connectivity index (χ1) is 12.5. The first-order valence-corrected chi connectivity index (χ1v) is 8.32. The fraction of sp³-hybridized carbons (Fsp3) is 0.300. The first-order valence-electron chi connectivity index (χ1n) is 8.32. The highest BCUT2D eigenvalue weighted by molar-refractivity contribution is 5.95. The Bertz CT molecular complexity index is 740. The lowest BCUT2D eigenvalue weighted by Gasteiger charge is -2.10. The van der Waals surface area contributed by atoms with Gasteiger partial charge in [0.1, 0.15) is 11.5 Å². The number of esters is 1. The van der Waals surface area contributed by atoms with Crippen LogP contribution in [0.3, 0.4) is 0 Å². The highest BCUT2D eigenvalue weighted by Gasteiger charge is 2.11. The number of carbonyl (C=O) groups is 2. The fourth-order valence-electron chi connectivity index (χ4n) is 2.06. The minimum absolute atomic E-state index is 0.357. The van der Waals surface area contributed by atoms with E-state index in [2.05, 4.69) is 19.2 Å². The Labute approximate surface area is 153 Å². The van der Waals surface area contributed by atoms with E-state index in [9.17, 15) is 9.59 Å². The van der Waals surface area contributed by atoms with E-state index in [1.54, 1.807) is 55.6 Å². The van der Waals surface area contributed by atoms with Gasteiger partial charge in [0.05, 0.1) is 19.3 Å². The van der Waals surface area contributed by atoms with Crippen molar-refractivity contribution < 1.29 is 23.8 Å². The molecule has 0 aliphatic carbocycles. The molecule has 2 aromatic rings. The molecule has 6 nitrogen and oxygen atoms in total. The molecule has 6 heteroatoms. The zero-order valence-corrected chi connectivity index (χ0v) is 15.2. The second kappa shape index (κ2) is 9.46. The van der Waals surface area contributed by atoms with Crippen molar-refractivity contribution >= 4 is 17.6 Å². The Kier molecular flexibility index (Phi) is 7.02. The van der Waals surface area contributed by atoms with Crippen molar-refractivity contribution in [1.82, 2.24) is 0 Å². The Hall–Kier alpha value is -3.02. The highest BCUT2D eigenvalue weighted by atomic mass is 16.5. The molecule has 0 heterocycles. The van der Waals surface area contributed by atoms with Crippen molar-refractivity contribution in [2.75, 3.05) is 25.6 Å². The lowest BCUT2D eigenvalue weighted by atomic mass is 10.2. The number of hydrogen-bond donors (Lipinski definition) is 1. The van der Waals surface area contributed by atoms with Gasteiger partial charge in [0.2, 0.25) is 0 Å². The minimum atomic E-state index is -0.568. The standard InChI is InChI=1S/C20H23NO5/c1-14(2)12-25-17-9-7-15(8-10-17)20(23)26-13-19(22)21-16-5-4-6-18(11-16)24-3/h4-11,14H,12-13H2,1-3H3,(H,21,22). The van der Waals surface area contributed by atoms with E-state index in [4.69, 9.17) is 14.2 Å². The topological polar surface area (TPSA) is 73.9 Å². The van der Waals surface area contributed by atoms with Crippen LogP contribution in [0.2, 0.25) is 0 Å². The van der Waals surface area contributed by atoms with Crippen LogP contribution in [0.25, 0.3) is 0 Å². The Morgan fingerprint density at radius 2 is 1.77 bits per heavy atom. The molecule has 0 radical (unpaired) electrons. The summed E-state index contributed by atoms with van der Waals surface area (Å²) in [6.07, 6.45) is 0. The first kappa shape index (κ1) is 19.3. The summed E-state index contributed by atoms with van der Waals surface area (Å²) in [5.74, 6) is 0.734. The Morgan fingerprint density at radius 1 is 1.04 bits per heavy atom. The number of benzene rings is 2. The highest BCUT2D eigenvalue weighted by Crippen LogP contribution is 2.17. The summed E-state index contributed by atoms with van der Waals surface area (Å²) in [4.78, 5) is 23.9. The number of amides is 1. The molecule has 1 amide bonds. The van der Waals surface area contributed by atoms with Gasteiger partial charge in [-0.05, 0) is 42.3 Å². The molecule has 26 heavy (non-hydrogen) atoms. The lowest BCUT2D eigenvalue weighted by molar-refractivity contribution is -0.119. The molecule has 0 aliphatic rings. The van der Waals surface area contributed by atoms with Crippen molar-refractivity contribution in [3.8, 4) is 11.5 Å². The molecule has 0 saturated heterocycles. The molecular formula is C20H23NO5. The van der Waals surface area contributed by atoms with Crippen LogP contribution >= 0.6 is 0 Å². The molecule has 1 N–H and O–H groups in total. The van der Waals surface area contributed by atoms with Crippen LogP contribution < -0.4 is 14.8 Å². The van der Waals surface area contributed by atoms with Gasteiger partial charge in [-0.2, -0.15) is 0 Å². The fourth-order valence-corrected chi connectivity index (χ4v) is 2.06. The maximum Gasteiger partial charge on any atom is 0.338 e. The van der Waals surface area contributed by atoms with Crippen LogP contribution in [0, 0.1) is 5.92 Å². The third-order valence-corrected chi connectivity index (χ3v) is 3.36. The van der Waals surface area contributed by atoms with Crippen LogP contribution in [-0.2, 0) is 9.53 Å². The number of hydrogen-bond acceptors (Lipinski definition) is 5. The van der Waals surface area contributed by atoms with Crippen molar-refractivity contribution in [2.24, 2.45) is 5.92 Å². The zero-order valence-electron chi connectivity index (χ0n) is 15.2. The number of carbonyl (C=O) groups excluding carboxylic acids is 2. The van der Waals surface area contributed by atoms with Crippen LogP contribution in [-0.4, -0.2) is 32.2 Å². The zero-order chi connectivity index (χ0) is 18.9. The lowest BCUT2D eigenvalue weighted by Crippen LogP contribution is -2.20. The van der Waals surface area contributed by atoms with Crippen molar-refractivity contribution in [1.29, 1.82) is 0 Å². The molecule has 0 saturated carbocycles. The van der Waals surface area contributed by atoms with E-state index >= 15 is 0 Å². The largest absolute Gasteiger partial charge is 0.497 e. The summed E-state index contributed by atoms with van der Waals surface area (Å²) >= 11 is 0. The van der Waals surface area contributed by atoms with E-state index in [0.29, 0.717) is 35.3 Å². The van der Waals surface area contributed by atoms with Crippen molar-refractivity contribution in [3.05, 3.63) is 54.1 Å². The van der Waals surface area contributed by atoms with E-state index in [1.807, 2.05) is 0 Å². The number of ether oxygens (including phenoxy) is 3. The number of rotatable bonds is 8. The summed E-state index contributed by atoms with van der Waals surface area (Å²) in [6, 6.07) is 13.5. The number of methoxy groups -OCH3 is 1. The summed E-state index contributed by atoms with van der Waals surface area (Å²) < 4.78 is 15.7. The van der Waals surface area contributed by atoms with E-state index < -0.39 is 11.9 Å². The SMILES string of the molecule is COc1cccc(NC(=O)COC(=O)c2ccc(OCC(C)C)cc2)c1. The third-order valence-electron chi connectivity index (χ3n) is 3.36. The van der Waals surface area contributed by atoms with E-state index in [1.165, 1.54) is 0 Å².